The van der Waals surface area contributed by atoms with E-state index < -0.39 is 11.9 Å². The minimum Gasteiger partial charge on any atom is -0.482 e. The number of benzene rings is 1. The second-order valence-corrected chi connectivity index (χ2v) is 5.13. The number of carbonyl (C=O) groups is 2. The van der Waals surface area contributed by atoms with Gasteiger partial charge in [0, 0.05) is 6.54 Å². The molecule has 108 valence electrons. The van der Waals surface area contributed by atoms with E-state index in [9.17, 15) is 9.59 Å². The van der Waals surface area contributed by atoms with Gasteiger partial charge < -0.3 is 15.4 Å². The molecule has 1 fully saturated rings. The number of nitrogens with zero attached hydrogens (tertiary/aromatic N) is 1. The van der Waals surface area contributed by atoms with Crippen LogP contribution in [0.5, 0.6) is 5.75 Å². The number of hydrogen-bond acceptors (Lipinski definition) is 3. The van der Waals surface area contributed by atoms with Crippen LogP contribution in [-0.4, -0.2) is 35.9 Å². The second-order valence-electron chi connectivity index (χ2n) is 4.72. The zero-order chi connectivity index (χ0) is 14.5. The molecule has 0 spiro atoms. The highest BCUT2D eigenvalue weighted by atomic mass is 35.5. The number of halogens is 1. The highest BCUT2D eigenvalue weighted by Crippen LogP contribution is 2.23. The highest BCUT2D eigenvalue weighted by molar-refractivity contribution is 6.32. The fourth-order valence-electron chi connectivity index (χ4n) is 2.31. The van der Waals surface area contributed by atoms with Crippen molar-refractivity contribution < 1.29 is 14.3 Å². The highest BCUT2D eigenvalue weighted by Gasteiger charge is 2.30. The standard InChI is InChI=1S/C14H17ClN2O3/c15-10-5-1-2-7-12(10)20-9-13(18)17-8-4-3-6-11(17)14(16)19/h1-2,5,7,11H,3-4,6,8-9H2,(H2,16,19)/t11-/m0/s1. The summed E-state index contributed by atoms with van der Waals surface area (Å²) in [6.45, 7) is 0.395. The van der Waals surface area contributed by atoms with E-state index in [-0.39, 0.29) is 12.5 Å². The lowest BCUT2D eigenvalue weighted by Crippen LogP contribution is -2.51. The van der Waals surface area contributed by atoms with Gasteiger partial charge in [-0.1, -0.05) is 23.7 Å². The van der Waals surface area contributed by atoms with Gasteiger partial charge in [-0.15, -0.1) is 0 Å². The molecule has 0 unspecified atom stereocenters. The van der Waals surface area contributed by atoms with E-state index in [1.54, 1.807) is 24.3 Å². The van der Waals surface area contributed by atoms with E-state index in [1.165, 1.54) is 4.90 Å². The summed E-state index contributed by atoms with van der Waals surface area (Å²) in [7, 11) is 0. The van der Waals surface area contributed by atoms with E-state index in [0.717, 1.165) is 12.8 Å². The summed E-state index contributed by atoms with van der Waals surface area (Å²) in [5.41, 5.74) is 5.33. The minimum absolute atomic E-state index is 0.145. The fraction of sp³-hybridized carbons (Fsp3) is 0.429. The smallest absolute Gasteiger partial charge is 0.261 e. The Morgan fingerprint density at radius 3 is 2.80 bits per heavy atom. The van der Waals surface area contributed by atoms with Crippen molar-refractivity contribution in [1.29, 1.82) is 0 Å². The lowest BCUT2D eigenvalue weighted by Gasteiger charge is -2.33. The monoisotopic (exact) mass is 296 g/mol. The predicted octanol–water partition coefficient (Wildman–Crippen LogP) is 1.59. The molecule has 1 aromatic rings. The normalized spacial score (nSPS) is 18.6. The molecular formula is C14H17ClN2O3. The number of likely N-dealkylation sites (tertiary alicyclic amines) is 1. The Kier molecular flexibility index (Phi) is 4.84. The molecule has 0 bridgehead atoms. The molecule has 0 saturated carbocycles. The van der Waals surface area contributed by atoms with E-state index in [0.29, 0.717) is 23.7 Å². The third-order valence-corrected chi connectivity index (χ3v) is 3.65. The summed E-state index contributed by atoms with van der Waals surface area (Å²) in [4.78, 5) is 25.0. The van der Waals surface area contributed by atoms with Crippen molar-refractivity contribution >= 4 is 23.4 Å². The van der Waals surface area contributed by atoms with Crippen LogP contribution in [0.4, 0.5) is 0 Å². The third kappa shape index (κ3) is 3.42. The molecule has 0 aromatic heterocycles. The lowest BCUT2D eigenvalue weighted by atomic mass is 10.0. The first-order valence-electron chi connectivity index (χ1n) is 6.55. The molecule has 1 aliphatic rings. The Balaban J connectivity index is 1.97. The van der Waals surface area contributed by atoms with Gasteiger partial charge in [0.15, 0.2) is 6.61 Å². The van der Waals surface area contributed by atoms with Gasteiger partial charge in [0.2, 0.25) is 5.91 Å². The molecule has 20 heavy (non-hydrogen) atoms. The van der Waals surface area contributed by atoms with E-state index >= 15 is 0 Å². The molecule has 2 N–H and O–H groups in total. The Morgan fingerprint density at radius 1 is 1.35 bits per heavy atom. The molecular weight excluding hydrogens is 280 g/mol. The van der Waals surface area contributed by atoms with Gasteiger partial charge in [0.25, 0.3) is 5.91 Å². The largest absolute Gasteiger partial charge is 0.482 e. The number of nitrogens with two attached hydrogens (primary N) is 1. The predicted molar refractivity (Wildman–Crippen MR) is 75.5 cm³/mol. The lowest BCUT2D eigenvalue weighted by molar-refractivity contribution is -0.142. The van der Waals surface area contributed by atoms with Crippen LogP contribution in [0, 0.1) is 0 Å². The Hall–Kier alpha value is -1.75. The average Bonchev–Trinajstić information content (AvgIpc) is 2.46. The third-order valence-electron chi connectivity index (χ3n) is 3.34. The molecule has 1 atom stereocenters. The van der Waals surface area contributed by atoms with Crippen LogP contribution in [0.25, 0.3) is 0 Å². The summed E-state index contributed by atoms with van der Waals surface area (Å²) in [6.07, 6.45) is 2.40. The maximum absolute atomic E-state index is 12.1. The second kappa shape index (κ2) is 6.61. The summed E-state index contributed by atoms with van der Waals surface area (Å²) < 4.78 is 5.40. The molecule has 0 radical (unpaired) electrons. The van der Waals surface area contributed by atoms with Crippen LogP contribution in [0.2, 0.25) is 5.02 Å². The van der Waals surface area contributed by atoms with Crippen molar-refractivity contribution in [3.05, 3.63) is 29.3 Å². The van der Waals surface area contributed by atoms with E-state index in [2.05, 4.69) is 0 Å². The van der Waals surface area contributed by atoms with Crippen molar-refractivity contribution in [2.75, 3.05) is 13.2 Å². The molecule has 2 rings (SSSR count). The number of hydrogen-bond donors (Lipinski definition) is 1. The fourth-order valence-corrected chi connectivity index (χ4v) is 2.50. The molecule has 6 heteroatoms. The Labute approximate surface area is 122 Å². The SMILES string of the molecule is NC(=O)[C@@H]1CCCCN1C(=O)COc1ccccc1Cl. The van der Waals surface area contributed by atoms with Gasteiger partial charge in [-0.05, 0) is 31.4 Å². The van der Waals surface area contributed by atoms with Crippen LogP contribution in [0.1, 0.15) is 19.3 Å². The Bertz CT molecular complexity index is 507. The molecule has 5 nitrogen and oxygen atoms in total. The zero-order valence-electron chi connectivity index (χ0n) is 11.0. The molecule has 1 aromatic carbocycles. The first-order valence-corrected chi connectivity index (χ1v) is 6.93. The zero-order valence-corrected chi connectivity index (χ0v) is 11.8. The average molecular weight is 297 g/mol. The maximum Gasteiger partial charge on any atom is 0.261 e. The van der Waals surface area contributed by atoms with Crippen LogP contribution >= 0.6 is 11.6 Å². The topological polar surface area (TPSA) is 72.6 Å². The maximum atomic E-state index is 12.1. The number of para-hydroxylation sites is 1. The molecule has 2 amide bonds. The van der Waals surface area contributed by atoms with Crippen molar-refractivity contribution in [3.63, 3.8) is 0 Å². The number of carbonyl (C=O) groups excluding carboxylic acids is 2. The van der Waals surface area contributed by atoms with Gasteiger partial charge in [-0.3, -0.25) is 9.59 Å². The molecule has 1 saturated heterocycles. The van der Waals surface area contributed by atoms with Crippen molar-refractivity contribution in [2.45, 2.75) is 25.3 Å². The van der Waals surface area contributed by atoms with Crippen molar-refractivity contribution in [1.82, 2.24) is 4.90 Å². The van der Waals surface area contributed by atoms with E-state index in [4.69, 9.17) is 22.1 Å². The summed E-state index contributed by atoms with van der Waals surface area (Å²) in [5, 5.41) is 0.449. The van der Waals surface area contributed by atoms with Gasteiger partial charge in [-0.25, -0.2) is 0 Å². The van der Waals surface area contributed by atoms with Gasteiger partial charge >= 0.3 is 0 Å². The summed E-state index contributed by atoms with van der Waals surface area (Å²) >= 11 is 5.95. The number of piperidine rings is 1. The first kappa shape index (κ1) is 14.7. The van der Waals surface area contributed by atoms with E-state index in [1.807, 2.05) is 0 Å². The number of primary amides is 1. The van der Waals surface area contributed by atoms with Gasteiger partial charge in [0.05, 0.1) is 5.02 Å². The molecule has 1 heterocycles. The van der Waals surface area contributed by atoms with Crippen LogP contribution in [-0.2, 0) is 9.59 Å². The van der Waals surface area contributed by atoms with Gasteiger partial charge in [0.1, 0.15) is 11.8 Å². The van der Waals surface area contributed by atoms with Crippen LogP contribution < -0.4 is 10.5 Å². The molecule has 1 aliphatic heterocycles. The summed E-state index contributed by atoms with van der Waals surface area (Å²) in [5.74, 6) is -0.251. The number of amides is 2. The number of rotatable bonds is 4. The quantitative estimate of drug-likeness (QED) is 0.917. The first-order chi connectivity index (χ1) is 9.59. The van der Waals surface area contributed by atoms with Crippen LogP contribution in [0.15, 0.2) is 24.3 Å². The number of ether oxygens (including phenoxy) is 1. The van der Waals surface area contributed by atoms with Crippen LogP contribution in [0.3, 0.4) is 0 Å². The Morgan fingerprint density at radius 2 is 2.10 bits per heavy atom. The van der Waals surface area contributed by atoms with Crippen molar-refractivity contribution in [2.24, 2.45) is 5.73 Å². The minimum atomic E-state index is -0.522. The molecule has 0 aliphatic carbocycles. The van der Waals surface area contributed by atoms with Gasteiger partial charge in [-0.2, -0.15) is 0 Å². The van der Waals surface area contributed by atoms with Crippen molar-refractivity contribution in [3.8, 4) is 5.75 Å². The summed E-state index contributed by atoms with van der Waals surface area (Å²) in [6, 6.07) is 6.42.